The van der Waals surface area contributed by atoms with Crippen molar-refractivity contribution in [3.63, 3.8) is 0 Å². The van der Waals surface area contributed by atoms with E-state index in [9.17, 15) is 0 Å². The van der Waals surface area contributed by atoms with Gasteiger partial charge < -0.3 is 5.32 Å². The molecule has 2 heterocycles. The molecule has 2 fully saturated rings. The van der Waals surface area contributed by atoms with Gasteiger partial charge in [-0.05, 0) is 22.8 Å². The maximum atomic E-state index is 3.45. The predicted molar refractivity (Wildman–Crippen MR) is 92.1 cm³/mol. The van der Waals surface area contributed by atoms with Gasteiger partial charge in [-0.25, -0.2) is 0 Å². The minimum atomic E-state index is 0.761. The first-order valence-electron chi connectivity index (χ1n) is 8.54. The standard InChI is InChI=1S/C19H25N3/c1-2-7-19-16(4-1)5-3-6-17(19)14-21-11-8-18(15-21)22-12-9-20-10-13-22/h1-7,18,20H,8-15H2. The molecule has 0 aliphatic carbocycles. The zero-order valence-electron chi connectivity index (χ0n) is 13.2. The summed E-state index contributed by atoms with van der Waals surface area (Å²) in [5, 5.41) is 6.23. The monoisotopic (exact) mass is 295 g/mol. The van der Waals surface area contributed by atoms with Crippen LogP contribution < -0.4 is 5.32 Å². The van der Waals surface area contributed by atoms with Gasteiger partial charge in [-0.1, -0.05) is 42.5 Å². The van der Waals surface area contributed by atoms with Gasteiger partial charge in [-0.2, -0.15) is 0 Å². The van der Waals surface area contributed by atoms with E-state index in [2.05, 4.69) is 57.6 Å². The van der Waals surface area contributed by atoms with Gasteiger partial charge >= 0.3 is 0 Å². The summed E-state index contributed by atoms with van der Waals surface area (Å²) >= 11 is 0. The molecule has 3 heteroatoms. The second kappa shape index (κ2) is 6.37. The van der Waals surface area contributed by atoms with Crippen molar-refractivity contribution < 1.29 is 0 Å². The number of likely N-dealkylation sites (tertiary alicyclic amines) is 1. The van der Waals surface area contributed by atoms with Crippen molar-refractivity contribution in [2.45, 2.75) is 19.0 Å². The summed E-state index contributed by atoms with van der Waals surface area (Å²) < 4.78 is 0. The van der Waals surface area contributed by atoms with Gasteiger partial charge in [0.15, 0.2) is 0 Å². The van der Waals surface area contributed by atoms with Crippen LogP contribution in [0, 0.1) is 0 Å². The summed E-state index contributed by atoms with van der Waals surface area (Å²) in [5.74, 6) is 0. The van der Waals surface area contributed by atoms with Crippen LogP contribution in [0.4, 0.5) is 0 Å². The van der Waals surface area contributed by atoms with Crippen molar-refractivity contribution in [3.05, 3.63) is 48.0 Å². The molecule has 1 atom stereocenters. The van der Waals surface area contributed by atoms with E-state index in [4.69, 9.17) is 0 Å². The van der Waals surface area contributed by atoms with E-state index in [-0.39, 0.29) is 0 Å². The second-order valence-corrected chi connectivity index (χ2v) is 6.60. The van der Waals surface area contributed by atoms with E-state index in [1.165, 1.54) is 48.9 Å². The fourth-order valence-corrected chi connectivity index (χ4v) is 3.97. The molecule has 22 heavy (non-hydrogen) atoms. The zero-order valence-corrected chi connectivity index (χ0v) is 13.2. The lowest BCUT2D eigenvalue weighted by Gasteiger charge is -2.32. The Bertz CT molecular complexity index is 628. The van der Waals surface area contributed by atoms with E-state index in [1.807, 2.05) is 0 Å². The summed E-state index contributed by atoms with van der Waals surface area (Å²) in [6.45, 7) is 8.28. The summed E-state index contributed by atoms with van der Waals surface area (Å²) in [6, 6.07) is 16.2. The molecule has 1 unspecified atom stereocenters. The van der Waals surface area contributed by atoms with Gasteiger partial charge in [0.2, 0.25) is 0 Å². The number of nitrogens with one attached hydrogen (secondary N) is 1. The smallest absolute Gasteiger partial charge is 0.0240 e. The Hall–Kier alpha value is -1.42. The van der Waals surface area contributed by atoms with Gasteiger partial charge in [0.25, 0.3) is 0 Å². The highest BCUT2D eigenvalue weighted by atomic mass is 15.3. The molecule has 2 aliphatic rings. The summed E-state index contributed by atoms with van der Waals surface area (Å²) in [4.78, 5) is 5.31. The number of piperazine rings is 1. The highest BCUT2D eigenvalue weighted by Crippen LogP contribution is 2.23. The van der Waals surface area contributed by atoms with Gasteiger partial charge in [0.1, 0.15) is 0 Å². The van der Waals surface area contributed by atoms with E-state index in [0.29, 0.717) is 0 Å². The van der Waals surface area contributed by atoms with Crippen LogP contribution in [0.25, 0.3) is 10.8 Å². The molecule has 0 bridgehead atoms. The molecular formula is C19H25N3. The fraction of sp³-hybridized carbons (Fsp3) is 0.474. The summed E-state index contributed by atoms with van der Waals surface area (Å²) in [5.41, 5.74) is 1.47. The Kier molecular flexibility index (Phi) is 4.11. The minimum absolute atomic E-state index is 0.761. The highest BCUT2D eigenvalue weighted by molar-refractivity contribution is 5.85. The van der Waals surface area contributed by atoms with E-state index in [0.717, 1.165) is 25.7 Å². The fourth-order valence-electron chi connectivity index (χ4n) is 3.97. The van der Waals surface area contributed by atoms with Crippen LogP contribution in [0.2, 0.25) is 0 Å². The first-order valence-corrected chi connectivity index (χ1v) is 8.54. The number of nitrogens with zero attached hydrogens (tertiary/aromatic N) is 2. The van der Waals surface area contributed by atoms with E-state index < -0.39 is 0 Å². The first kappa shape index (κ1) is 14.2. The van der Waals surface area contributed by atoms with Gasteiger partial charge in [-0.15, -0.1) is 0 Å². The minimum Gasteiger partial charge on any atom is -0.314 e. The Morgan fingerprint density at radius 2 is 1.77 bits per heavy atom. The van der Waals surface area contributed by atoms with Crippen LogP contribution in [-0.4, -0.2) is 55.1 Å². The average Bonchev–Trinajstić information content (AvgIpc) is 3.05. The molecule has 0 saturated carbocycles. The molecule has 3 nitrogen and oxygen atoms in total. The number of hydrogen-bond donors (Lipinski definition) is 1. The van der Waals surface area contributed by atoms with Crippen molar-refractivity contribution in [2.75, 3.05) is 39.3 Å². The Balaban J connectivity index is 1.45. The number of fused-ring (bicyclic) bond motifs is 1. The largest absolute Gasteiger partial charge is 0.314 e. The molecule has 116 valence electrons. The van der Waals surface area contributed by atoms with E-state index in [1.54, 1.807) is 0 Å². The third-order valence-electron chi connectivity index (χ3n) is 5.19. The Morgan fingerprint density at radius 1 is 0.955 bits per heavy atom. The zero-order chi connectivity index (χ0) is 14.8. The average molecular weight is 295 g/mol. The molecule has 0 spiro atoms. The predicted octanol–water partition coefficient (Wildman–Crippen LogP) is 2.32. The van der Waals surface area contributed by atoms with Crippen molar-refractivity contribution in [1.29, 1.82) is 0 Å². The van der Waals surface area contributed by atoms with Gasteiger partial charge in [0.05, 0.1) is 0 Å². The van der Waals surface area contributed by atoms with Crippen LogP contribution >= 0.6 is 0 Å². The van der Waals surface area contributed by atoms with Crippen molar-refractivity contribution in [2.24, 2.45) is 0 Å². The maximum absolute atomic E-state index is 3.45. The number of benzene rings is 2. The third kappa shape index (κ3) is 2.89. The lowest BCUT2D eigenvalue weighted by Crippen LogP contribution is -2.49. The molecule has 1 N–H and O–H groups in total. The normalized spacial score (nSPS) is 24.1. The topological polar surface area (TPSA) is 18.5 Å². The molecule has 2 aromatic carbocycles. The molecular weight excluding hydrogens is 270 g/mol. The molecule has 2 aromatic rings. The van der Waals surface area contributed by atoms with Crippen molar-refractivity contribution >= 4 is 10.8 Å². The lowest BCUT2D eigenvalue weighted by molar-refractivity contribution is 0.170. The van der Waals surface area contributed by atoms with Crippen LogP contribution in [0.3, 0.4) is 0 Å². The summed E-state index contributed by atoms with van der Waals surface area (Å²) in [7, 11) is 0. The number of rotatable bonds is 3. The summed E-state index contributed by atoms with van der Waals surface area (Å²) in [6.07, 6.45) is 1.32. The molecule has 0 amide bonds. The van der Waals surface area contributed by atoms with Crippen LogP contribution in [-0.2, 0) is 6.54 Å². The van der Waals surface area contributed by atoms with Gasteiger partial charge in [-0.3, -0.25) is 9.80 Å². The van der Waals surface area contributed by atoms with Crippen molar-refractivity contribution in [3.8, 4) is 0 Å². The highest BCUT2D eigenvalue weighted by Gasteiger charge is 2.28. The first-order chi connectivity index (χ1) is 10.9. The molecule has 4 rings (SSSR count). The molecule has 2 saturated heterocycles. The molecule has 0 radical (unpaired) electrons. The van der Waals surface area contributed by atoms with Gasteiger partial charge in [0, 0.05) is 51.9 Å². The van der Waals surface area contributed by atoms with Crippen molar-refractivity contribution in [1.82, 2.24) is 15.1 Å². The lowest BCUT2D eigenvalue weighted by atomic mass is 10.0. The van der Waals surface area contributed by atoms with E-state index >= 15 is 0 Å². The second-order valence-electron chi connectivity index (χ2n) is 6.60. The molecule has 0 aromatic heterocycles. The SMILES string of the molecule is c1ccc2c(CN3CCC(N4CCNCC4)C3)cccc2c1. The Morgan fingerprint density at radius 3 is 2.68 bits per heavy atom. The van der Waals surface area contributed by atoms with Crippen LogP contribution in [0.15, 0.2) is 42.5 Å². The number of hydrogen-bond acceptors (Lipinski definition) is 3. The van der Waals surface area contributed by atoms with Crippen LogP contribution in [0.1, 0.15) is 12.0 Å². The molecule has 2 aliphatic heterocycles. The van der Waals surface area contributed by atoms with Crippen LogP contribution in [0.5, 0.6) is 0 Å². The maximum Gasteiger partial charge on any atom is 0.0240 e. The Labute approximate surface area is 132 Å². The quantitative estimate of drug-likeness (QED) is 0.937. The third-order valence-corrected chi connectivity index (χ3v) is 5.19.